The van der Waals surface area contributed by atoms with E-state index in [2.05, 4.69) is 4.98 Å². The fourth-order valence-electron chi connectivity index (χ4n) is 4.28. The second-order valence-corrected chi connectivity index (χ2v) is 9.86. The molecule has 9 heteroatoms. The molecule has 1 fully saturated rings. The predicted molar refractivity (Wildman–Crippen MR) is 132 cm³/mol. The van der Waals surface area contributed by atoms with Crippen molar-refractivity contribution in [2.45, 2.75) is 32.2 Å². The highest BCUT2D eigenvalue weighted by molar-refractivity contribution is 7.71. The monoisotopic (exact) mass is 484 g/mol. The third kappa shape index (κ3) is 3.76. The van der Waals surface area contributed by atoms with Gasteiger partial charge in [0, 0.05) is 36.1 Å². The largest absolute Gasteiger partial charge is 0.339 e. The lowest BCUT2D eigenvalue weighted by atomic mass is 9.97. The third-order valence-corrected chi connectivity index (χ3v) is 7.80. The number of thiazole rings is 1. The number of carbonyl (C=O) groups excluding carboxylic acids is 1. The quantitative estimate of drug-likeness (QED) is 0.397. The van der Waals surface area contributed by atoms with Crippen LogP contribution in [-0.4, -0.2) is 38.4 Å². The zero-order valence-electron chi connectivity index (χ0n) is 17.4. The van der Waals surface area contributed by atoms with E-state index in [1.807, 2.05) is 30.0 Å². The van der Waals surface area contributed by atoms with E-state index in [9.17, 15) is 9.59 Å². The molecule has 0 radical (unpaired) electrons. The average molecular weight is 485 g/mol. The first-order chi connectivity index (χ1) is 15.4. The first-order valence-corrected chi connectivity index (χ1v) is 12.2. The molecule has 6 nitrogen and oxygen atoms in total. The number of benzene rings is 2. The van der Waals surface area contributed by atoms with Gasteiger partial charge in [-0.15, -0.1) is 11.3 Å². The number of fused-ring (bicyclic) bond motifs is 2. The molecule has 1 amide bonds. The van der Waals surface area contributed by atoms with Crippen molar-refractivity contribution in [2.75, 3.05) is 13.1 Å². The van der Waals surface area contributed by atoms with Crippen LogP contribution in [-0.2, 0) is 6.54 Å². The van der Waals surface area contributed by atoms with E-state index in [1.54, 1.807) is 29.5 Å². The van der Waals surface area contributed by atoms with Gasteiger partial charge in [-0.3, -0.25) is 14.2 Å². The Kier molecular flexibility index (Phi) is 5.61. The van der Waals surface area contributed by atoms with Gasteiger partial charge in [-0.25, -0.2) is 4.98 Å². The van der Waals surface area contributed by atoms with Gasteiger partial charge in [0.1, 0.15) is 0 Å². The molecule has 0 saturated carbocycles. The second kappa shape index (κ2) is 8.42. The van der Waals surface area contributed by atoms with Crippen LogP contribution in [0.2, 0.25) is 5.02 Å². The minimum Gasteiger partial charge on any atom is -0.339 e. The summed E-state index contributed by atoms with van der Waals surface area (Å²) >= 11 is 13.1. The fraction of sp³-hybridized carbons (Fsp3) is 0.304. The minimum atomic E-state index is -0.136. The van der Waals surface area contributed by atoms with Crippen LogP contribution in [0.3, 0.4) is 0 Å². The zero-order chi connectivity index (χ0) is 22.4. The standard InChI is InChI=1S/C23H21ClN4O2S2/c1-2-28-22(30)16-5-3-14(11-17(16)26-23(28)31)21(29)27-9-7-13(8-10-27)20-25-18-12-15(24)4-6-19(18)32-20/h3-6,11-13H,2,7-10H2,1H3,(H,26,31). The van der Waals surface area contributed by atoms with Crippen LogP contribution in [0.15, 0.2) is 41.2 Å². The van der Waals surface area contributed by atoms with E-state index < -0.39 is 0 Å². The summed E-state index contributed by atoms with van der Waals surface area (Å²) in [7, 11) is 0. The van der Waals surface area contributed by atoms with Crippen LogP contribution >= 0.6 is 35.2 Å². The molecule has 32 heavy (non-hydrogen) atoms. The van der Waals surface area contributed by atoms with Crippen molar-refractivity contribution in [3.63, 3.8) is 0 Å². The third-order valence-electron chi connectivity index (χ3n) is 6.04. The number of aromatic amines is 1. The first-order valence-electron chi connectivity index (χ1n) is 10.6. The van der Waals surface area contributed by atoms with Crippen molar-refractivity contribution in [3.8, 4) is 0 Å². The molecule has 5 rings (SSSR count). The number of nitrogens with zero attached hydrogens (tertiary/aromatic N) is 3. The number of amides is 1. The van der Waals surface area contributed by atoms with Gasteiger partial charge in [0.05, 0.1) is 26.1 Å². The van der Waals surface area contributed by atoms with E-state index in [0.717, 1.165) is 28.1 Å². The van der Waals surface area contributed by atoms with Gasteiger partial charge in [0.15, 0.2) is 4.77 Å². The SMILES string of the molecule is CCn1c(=S)[nH]c2cc(C(=O)N3CCC(c4nc5cc(Cl)ccc5s4)CC3)ccc2c1=O. The van der Waals surface area contributed by atoms with Crippen LogP contribution in [0.5, 0.6) is 0 Å². The number of hydrogen-bond acceptors (Lipinski definition) is 5. The van der Waals surface area contributed by atoms with Crippen molar-refractivity contribution < 1.29 is 4.79 Å². The van der Waals surface area contributed by atoms with Gasteiger partial charge in [-0.1, -0.05) is 11.6 Å². The summed E-state index contributed by atoms with van der Waals surface area (Å²) in [5, 5.41) is 2.34. The molecule has 4 aromatic rings. The Morgan fingerprint density at radius 2 is 2.03 bits per heavy atom. The molecule has 0 aliphatic carbocycles. The van der Waals surface area contributed by atoms with E-state index in [0.29, 0.717) is 51.8 Å². The highest BCUT2D eigenvalue weighted by Crippen LogP contribution is 2.35. The Hall–Kier alpha value is -2.55. The highest BCUT2D eigenvalue weighted by Gasteiger charge is 2.27. The van der Waals surface area contributed by atoms with Gasteiger partial charge in [-0.05, 0) is 68.4 Å². The lowest BCUT2D eigenvalue weighted by Gasteiger charge is -2.31. The van der Waals surface area contributed by atoms with Gasteiger partial charge in [0.2, 0.25) is 0 Å². The topological polar surface area (TPSA) is 71.0 Å². The summed E-state index contributed by atoms with van der Waals surface area (Å²) in [6.45, 7) is 3.72. The number of carbonyl (C=O) groups is 1. The Balaban J connectivity index is 1.34. The maximum atomic E-state index is 13.1. The second-order valence-electron chi connectivity index (χ2n) is 7.97. The lowest BCUT2D eigenvalue weighted by Crippen LogP contribution is -2.38. The van der Waals surface area contributed by atoms with Crippen LogP contribution < -0.4 is 5.56 Å². The number of piperidine rings is 1. The maximum absolute atomic E-state index is 13.1. The van der Waals surface area contributed by atoms with Gasteiger partial charge in [-0.2, -0.15) is 0 Å². The molecular formula is C23H21ClN4O2S2. The summed E-state index contributed by atoms with van der Waals surface area (Å²) in [5.74, 6) is 0.316. The predicted octanol–water partition coefficient (Wildman–Crippen LogP) is 5.36. The molecule has 0 atom stereocenters. The molecule has 164 valence electrons. The molecule has 0 spiro atoms. The van der Waals surface area contributed by atoms with E-state index >= 15 is 0 Å². The van der Waals surface area contributed by atoms with Gasteiger partial charge < -0.3 is 9.88 Å². The number of halogens is 1. The zero-order valence-corrected chi connectivity index (χ0v) is 19.8. The number of likely N-dealkylation sites (tertiary alicyclic amines) is 1. The number of aromatic nitrogens is 3. The number of H-pyrrole nitrogens is 1. The maximum Gasteiger partial charge on any atom is 0.262 e. The first kappa shape index (κ1) is 21.3. The van der Waals surface area contributed by atoms with E-state index in [-0.39, 0.29) is 11.5 Å². The Morgan fingerprint density at radius 3 is 2.78 bits per heavy atom. The Labute approximate surface area is 198 Å². The van der Waals surface area contributed by atoms with E-state index in [4.69, 9.17) is 28.8 Å². The summed E-state index contributed by atoms with van der Waals surface area (Å²) in [5.41, 5.74) is 1.96. The number of nitrogens with one attached hydrogen (secondary N) is 1. The summed E-state index contributed by atoms with van der Waals surface area (Å²) in [6.07, 6.45) is 1.74. The molecule has 1 aliphatic rings. The van der Waals surface area contributed by atoms with E-state index in [1.165, 1.54) is 4.57 Å². The summed E-state index contributed by atoms with van der Waals surface area (Å²) in [4.78, 5) is 35.5. The van der Waals surface area contributed by atoms with Crippen molar-refractivity contribution in [1.82, 2.24) is 19.4 Å². The molecule has 1 saturated heterocycles. The molecular weight excluding hydrogens is 464 g/mol. The average Bonchev–Trinajstić information content (AvgIpc) is 3.22. The Bertz CT molecular complexity index is 1460. The summed E-state index contributed by atoms with van der Waals surface area (Å²) in [6, 6.07) is 11.0. The molecule has 2 aromatic carbocycles. The van der Waals surface area contributed by atoms with Crippen LogP contribution in [0.1, 0.15) is 41.0 Å². The summed E-state index contributed by atoms with van der Waals surface area (Å²) < 4.78 is 3.02. The number of hydrogen-bond donors (Lipinski definition) is 1. The van der Waals surface area contributed by atoms with Crippen LogP contribution in [0.25, 0.3) is 21.1 Å². The normalized spacial score (nSPS) is 15.0. The van der Waals surface area contributed by atoms with Gasteiger partial charge >= 0.3 is 0 Å². The van der Waals surface area contributed by atoms with Crippen LogP contribution in [0, 0.1) is 4.77 Å². The molecule has 2 aromatic heterocycles. The van der Waals surface area contributed by atoms with Crippen molar-refractivity contribution >= 4 is 62.2 Å². The molecule has 1 aliphatic heterocycles. The highest BCUT2D eigenvalue weighted by atomic mass is 35.5. The number of rotatable bonds is 3. The van der Waals surface area contributed by atoms with Crippen molar-refractivity contribution in [1.29, 1.82) is 0 Å². The fourth-order valence-corrected chi connectivity index (χ4v) is 5.89. The Morgan fingerprint density at radius 1 is 1.25 bits per heavy atom. The van der Waals surface area contributed by atoms with Crippen molar-refractivity contribution in [2.24, 2.45) is 0 Å². The van der Waals surface area contributed by atoms with Crippen LogP contribution in [0.4, 0.5) is 0 Å². The van der Waals surface area contributed by atoms with Crippen molar-refractivity contribution in [3.05, 3.63) is 67.1 Å². The van der Waals surface area contributed by atoms with Gasteiger partial charge in [0.25, 0.3) is 11.5 Å². The molecule has 1 N–H and O–H groups in total. The molecule has 3 heterocycles. The molecule has 0 unspecified atom stereocenters. The molecule has 0 bridgehead atoms. The smallest absolute Gasteiger partial charge is 0.262 e. The lowest BCUT2D eigenvalue weighted by molar-refractivity contribution is 0.0713. The minimum absolute atomic E-state index is 0.0274.